The summed E-state index contributed by atoms with van der Waals surface area (Å²) in [5.74, 6) is -32.6. The third kappa shape index (κ3) is 6.74. The number of halogens is 13. The minimum Gasteiger partial charge on any atom is -0.743 e. The Morgan fingerprint density at radius 3 is 1.26 bits per heavy atom. The van der Waals surface area contributed by atoms with Crippen molar-refractivity contribution in [2.45, 2.75) is 56.7 Å². The van der Waals surface area contributed by atoms with E-state index in [0.717, 1.165) is 0 Å². The summed E-state index contributed by atoms with van der Waals surface area (Å²) in [6.45, 7) is 2.15. The van der Waals surface area contributed by atoms with Gasteiger partial charge in [-0.15, -0.1) is 0 Å². The van der Waals surface area contributed by atoms with Gasteiger partial charge in [0.1, 0.15) is 0 Å². The highest BCUT2D eigenvalue weighted by Crippen LogP contribution is 2.60. The average Bonchev–Trinajstić information content (AvgIpc) is 2.89. The number of rotatable bonds is 8. The first-order valence-corrected chi connectivity index (χ1v) is 13.8. The molecule has 3 nitrogen and oxygen atoms in total. The van der Waals surface area contributed by atoms with Crippen LogP contribution in [0.4, 0.5) is 57.1 Å². The highest BCUT2D eigenvalue weighted by Gasteiger charge is 2.91. The molecule has 0 N–H and O–H groups in total. The topological polar surface area (TPSA) is 57.2 Å². The van der Waals surface area contributed by atoms with Crippen LogP contribution >= 0.6 is 0 Å². The second-order valence-corrected chi connectivity index (χ2v) is 12.0. The highest BCUT2D eigenvalue weighted by molar-refractivity contribution is 7.97. The normalized spacial score (nSPS) is 13.9. The Morgan fingerprint density at radius 2 is 0.907 bits per heavy atom. The monoisotopic (exact) mass is 676 g/mol. The van der Waals surface area contributed by atoms with Crippen LogP contribution in [0.3, 0.4) is 0 Å². The molecule has 238 valence electrons. The van der Waals surface area contributed by atoms with Gasteiger partial charge in [-0.05, 0) is 48.9 Å². The standard InChI is InChI=1S/C19H17S.C6HF13O3S/c1-16-9-8-14-19(15-16)20(17-10-4-2-5-11-17)18-12-6-3-7-13-18;7-1(8,3(11,12)5(15,16)17)2(9,10)4(13,14)6(18,19)23(20,21)22/h2-15H,1H3;(H,20,21,22)/q+1;/p-1. The van der Waals surface area contributed by atoms with Crippen LogP contribution < -0.4 is 0 Å². The van der Waals surface area contributed by atoms with Crippen LogP contribution in [0.1, 0.15) is 5.56 Å². The Bertz CT molecular complexity index is 1440. The summed E-state index contributed by atoms with van der Waals surface area (Å²) < 4.78 is 189. The van der Waals surface area contributed by atoms with Gasteiger partial charge in [-0.1, -0.05) is 48.5 Å². The van der Waals surface area contributed by atoms with Crippen LogP contribution in [0.2, 0.25) is 0 Å². The summed E-state index contributed by atoms with van der Waals surface area (Å²) in [4.78, 5) is 4.11. The van der Waals surface area contributed by atoms with Gasteiger partial charge in [0, 0.05) is 0 Å². The van der Waals surface area contributed by atoms with Gasteiger partial charge in [-0.3, -0.25) is 0 Å². The zero-order valence-electron chi connectivity index (χ0n) is 21.0. The van der Waals surface area contributed by atoms with Crippen LogP contribution in [0.5, 0.6) is 0 Å². The van der Waals surface area contributed by atoms with E-state index in [0.29, 0.717) is 0 Å². The van der Waals surface area contributed by atoms with E-state index in [2.05, 4.69) is 91.9 Å². The van der Waals surface area contributed by atoms with Gasteiger partial charge in [0.05, 0.1) is 10.9 Å². The molecule has 0 radical (unpaired) electrons. The molecule has 0 heterocycles. The molecule has 3 rings (SSSR count). The molecule has 0 bridgehead atoms. The zero-order chi connectivity index (χ0) is 33.3. The Morgan fingerprint density at radius 1 is 0.535 bits per heavy atom. The van der Waals surface area contributed by atoms with Gasteiger partial charge in [-0.2, -0.15) is 57.1 Å². The second-order valence-electron chi connectivity index (χ2n) is 8.52. The fourth-order valence-corrected chi connectivity index (χ4v) is 5.81. The van der Waals surface area contributed by atoms with Crippen LogP contribution in [-0.2, 0) is 21.0 Å². The second kappa shape index (κ2) is 12.2. The molecule has 0 fully saturated rings. The molecule has 18 heteroatoms. The van der Waals surface area contributed by atoms with Crippen molar-refractivity contribution >= 4 is 21.0 Å². The van der Waals surface area contributed by atoms with Crippen LogP contribution in [0, 0.1) is 6.92 Å². The third-order valence-corrected chi connectivity index (χ3v) is 8.50. The molecule has 3 aromatic carbocycles. The minimum atomic E-state index is -8.29. The molecule has 0 unspecified atom stereocenters. The quantitative estimate of drug-likeness (QED) is 0.137. The fraction of sp³-hybridized carbons (Fsp3) is 0.280. The number of hydrogen-bond donors (Lipinski definition) is 0. The Kier molecular flexibility index (Phi) is 10.3. The van der Waals surface area contributed by atoms with Gasteiger partial charge in [0.25, 0.3) is 0 Å². The molecular weight excluding hydrogens is 659 g/mol. The Hall–Kier alpha value is -2.99. The number of aryl methyl sites for hydroxylation is 1. The van der Waals surface area contributed by atoms with Crippen LogP contribution in [-0.4, -0.2) is 48.1 Å². The minimum absolute atomic E-state index is 0.0249. The number of hydrogen-bond acceptors (Lipinski definition) is 3. The average molecular weight is 677 g/mol. The molecule has 43 heavy (non-hydrogen) atoms. The SMILES string of the molecule is Cc1cccc([S+](c2ccccc2)c2ccccc2)c1.O=S(=O)([O-])C(F)(F)C(F)(F)C(F)(F)C(F)(F)C(F)(F)C(F)(F)F. The molecular formula is C25H17F13O3S2. The van der Waals surface area contributed by atoms with Crippen molar-refractivity contribution in [3.63, 3.8) is 0 Å². The van der Waals surface area contributed by atoms with Gasteiger partial charge >= 0.3 is 35.1 Å². The number of alkyl halides is 13. The van der Waals surface area contributed by atoms with Gasteiger partial charge in [-0.25, -0.2) is 8.42 Å². The fourth-order valence-electron chi connectivity index (χ4n) is 3.18. The predicted octanol–water partition coefficient (Wildman–Crippen LogP) is 8.32. The lowest BCUT2D eigenvalue weighted by molar-refractivity contribution is -0.433. The van der Waals surface area contributed by atoms with E-state index in [1.165, 1.54) is 20.2 Å². The van der Waals surface area contributed by atoms with Crippen molar-refractivity contribution in [3.05, 3.63) is 90.5 Å². The number of benzene rings is 3. The molecule has 0 atom stereocenters. The van der Waals surface area contributed by atoms with E-state index >= 15 is 0 Å². The van der Waals surface area contributed by atoms with E-state index in [1.54, 1.807) is 0 Å². The van der Waals surface area contributed by atoms with E-state index < -0.39 is 45.2 Å². The Balaban J connectivity index is 0.000000302. The van der Waals surface area contributed by atoms with Crippen molar-refractivity contribution < 1.29 is 70.0 Å². The summed E-state index contributed by atoms with van der Waals surface area (Å²) in [7, 11) is -7.88. The lowest BCUT2D eigenvalue weighted by atomic mass is 9.98. The summed E-state index contributed by atoms with van der Waals surface area (Å²) in [5, 5.41) is -7.63. The first-order chi connectivity index (χ1) is 19.3. The summed E-state index contributed by atoms with van der Waals surface area (Å²) in [6, 6.07) is 30.3. The molecule has 0 spiro atoms. The molecule has 0 aliphatic rings. The van der Waals surface area contributed by atoms with E-state index in [4.69, 9.17) is 0 Å². The molecule has 3 aromatic rings. The summed E-state index contributed by atoms with van der Waals surface area (Å²) >= 11 is 0. The van der Waals surface area contributed by atoms with Gasteiger partial charge in [0.15, 0.2) is 24.8 Å². The first-order valence-electron chi connectivity index (χ1n) is 11.2. The third-order valence-electron chi connectivity index (χ3n) is 5.40. The molecule has 0 saturated heterocycles. The molecule has 0 aliphatic carbocycles. The van der Waals surface area contributed by atoms with Crippen molar-refractivity contribution in [1.82, 2.24) is 0 Å². The van der Waals surface area contributed by atoms with Gasteiger partial charge < -0.3 is 4.55 Å². The highest BCUT2D eigenvalue weighted by atomic mass is 32.2. The lowest BCUT2D eigenvalue weighted by Crippen LogP contribution is -2.71. The van der Waals surface area contributed by atoms with E-state index in [-0.39, 0.29) is 10.9 Å². The van der Waals surface area contributed by atoms with E-state index in [9.17, 15) is 70.0 Å². The summed E-state index contributed by atoms with van der Waals surface area (Å²) in [6.07, 6.45) is -7.61. The van der Waals surface area contributed by atoms with Crippen LogP contribution in [0.25, 0.3) is 0 Å². The lowest BCUT2D eigenvalue weighted by Gasteiger charge is -2.39. The van der Waals surface area contributed by atoms with Crippen LogP contribution in [0.15, 0.2) is 99.6 Å². The maximum absolute atomic E-state index is 12.7. The first kappa shape index (κ1) is 36.2. The van der Waals surface area contributed by atoms with Crippen molar-refractivity contribution in [2.75, 3.05) is 0 Å². The molecule has 0 amide bonds. The zero-order valence-corrected chi connectivity index (χ0v) is 22.7. The summed E-state index contributed by atoms with van der Waals surface area (Å²) in [5.41, 5.74) is 1.31. The largest absolute Gasteiger partial charge is 0.743 e. The maximum Gasteiger partial charge on any atom is 0.460 e. The molecule has 0 saturated carbocycles. The van der Waals surface area contributed by atoms with Crippen molar-refractivity contribution in [1.29, 1.82) is 0 Å². The van der Waals surface area contributed by atoms with Crippen molar-refractivity contribution in [2.24, 2.45) is 0 Å². The molecule has 0 aliphatic heterocycles. The van der Waals surface area contributed by atoms with Gasteiger partial charge in [0.2, 0.25) is 0 Å². The Labute approximate surface area is 238 Å². The predicted molar refractivity (Wildman–Crippen MR) is 127 cm³/mol. The smallest absolute Gasteiger partial charge is 0.460 e. The molecule has 0 aromatic heterocycles. The maximum atomic E-state index is 12.7. The van der Waals surface area contributed by atoms with Crippen molar-refractivity contribution in [3.8, 4) is 0 Å². The van der Waals surface area contributed by atoms with E-state index in [1.807, 2.05) is 0 Å².